The maximum absolute atomic E-state index is 14.6. The molecule has 0 aliphatic heterocycles. The average molecular weight is 647 g/mol. The van der Waals surface area contributed by atoms with E-state index < -0.39 is 46.5 Å². The molecule has 1 aromatic carbocycles. The minimum atomic E-state index is -0.859. The molecule has 45 heavy (non-hydrogen) atoms. The van der Waals surface area contributed by atoms with Crippen LogP contribution < -0.4 is 16.0 Å². The Bertz CT molecular complexity index is 1540. The average Bonchev–Trinajstić information content (AvgIpc) is 3.38. The van der Waals surface area contributed by atoms with Crippen LogP contribution in [0, 0.1) is 11.6 Å². The highest BCUT2D eigenvalue weighted by molar-refractivity contribution is 7.19. The highest BCUT2D eigenvalue weighted by Gasteiger charge is 2.30. The molecule has 3 N–H and O–H groups in total. The molecule has 1 saturated carbocycles. The van der Waals surface area contributed by atoms with E-state index in [0.717, 1.165) is 54.8 Å². The van der Waals surface area contributed by atoms with Crippen molar-refractivity contribution in [3.63, 3.8) is 0 Å². The lowest BCUT2D eigenvalue weighted by atomic mass is 9.95. The molecule has 1 fully saturated rings. The van der Waals surface area contributed by atoms with Crippen LogP contribution in [-0.4, -0.2) is 50.1 Å². The monoisotopic (exact) mass is 646 g/mol. The molecule has 3 amide bonds. The molecule has 0 radical (unpaired) electrons. The normalized spacial score (nSPS) is 17.3. The third-order valence-electron chi connectivity index (χ3n) is 6.94. The smallest absolute Gasteiger partial charge is 0.412 e. The Labute approximate surface area is 265 Å². The molecule has 4 rings (SSSR count). The quantitative estimate of drug-likeness (QED) is 0.238. The first-order valence-electron chi connectivity index (χ1n) is 14.8. The first kappa shape index (κ1) is 33.8. The lowest BCUT2D eigenvalue weighted by Gasteiger charge is -2.23. The molecular weight excluding hydrogens is 606 g/mol. The molecular formula is C31H40F2N6O5S. The summed E-state index contributed by atoms with van der Waals surface area (Å²) in [4.78, 5) is 42.9. The van der Waals surface area contributed by atoms with Gasteiger partial charge in [0, 0.05) is 19.0 Å². The highest BCUT2D eigenvalue weighted by Crippen LogP contribution is 2.38. The number of aryl methyl sites for hydroxylation is 1. The molecule has 0 saturated heterocycles. The van der Waals surface area contributed by atoms with Gasteiger partial charge in [-0.15, -0.1) is 0 Å². The van der Waals surface area contributed by atoms with Crippen LogP contribution in [0.4, 0.5) is 29.1 Å². The van der Waals surface area contributed by atoms with E-state index in [1.165, 1.54) is 12.3 Å². The Balaban J connectivity index is 1.57. The number of halogens is 2. The van der Waals surface area contributed by atoms with Crippen molar-refractivity contribution in [2.24, 2.45) is 7.05 Å². The lowest BCUT2D eigenvalue weighted by molar-refractivity contribution is 0.0498. The Morgan fingerprint density at radius 3 is 2.22 bits per heavy atom. The van der Waals surface area contributed by atoms with Crippen molar-refractivity contribution in [3.05, 3.63) is 47.4 Å². The van der Waals surface area contributed by atoms with Crippen LogP contribution in [0.1, 0.15) is 95.7 Å². The third-order valence-corrected chi connectivity index (χ3v) is 7.93. The number of aromatic nitrogens is 3. The predicted molar refractivity (Wildman–Crippen MR) is 167 cm³/mol. The van der Waals surface area contributed by atoms with Crippen molar-refractivity contribution >= 4 is 40.1 Å². The lowest BCUT2D eigenvalue weighted by Crippen LogP contribution is -2.38. The molecule has 244 valence electrons. The second-order valence-electron chi connectivity index (χ2n) is 13.0. The van der Waals surface area contributed by atoms with Gasteiger partial charge in [0.05, 0.1) is 23.1 Å². The van der Waals surface area contributed by atoms with Crippen molar-refractivity contribution in [3.8, 4) is 10.6 Å². The summed E-state index contributed by atoms with van der Waals surface area (Å²) in [5, 5.41) is 12.5. The summed E-state index contributed by atoms with van der Waals surface area (Å²) in [5.41, 5.74) is -0.838. The molecule has 2 unspecified atom stereocenters. The molecule has 14 heteroatoms. The third kappa shape index (κ3) is 8.99. The van der Waals surface area contributed by atoms with E-state index in [4.69, 9.17) is 9.47 Å². The van der Waals surface area contributed by atoms with Crippen molar-refractivity contribution < 1.29 is 32.6 Å². The number of anilines is 2. The minimum absolute atomic E-state index is 0.0242. The fourth-order valence-corrected chi connectivity index (χ4v) is 6.16. The Morgan fingerprint density at radius 1 is 0.933 bits per heavy atom. The van der Waals surface area contributed by atoms with Gasteiger partial charge < -0.3 is 20.1 Å². The van der Waals surface area contributed by atoms with Crippen LogP contribution in [0.2, 0.25) is 0 Å². The zero-order valence-electron chi connectivity index (χ0n) is 26.5. The standard InChI is InChI=1S/C31H40F2N6O5S/c1-30(2,3)43-28(41)35-18-11-8-10-17(14-15-18)24-21(16-34-39(24)7)36-25(40)23-27(38-29(42)44-31(4,5)6)45-26(37-23)22-19(32)12-9-13-20(22)33/h9,12-13,16-18H,8,10-11,14-15H2,1-7H3,(H,35,41)(H,36,40)(H,38,42). The van der Waals surface area contributed by atoms with Crippen LogP contribution in [0.5, 0.6) is 0 Å². The van der Waals surface area contributed by atoms with Gasteiger partial charge in [-0.1, -0.05) is 23.8 Å². The van der Waals surface area contributed by atoms with E-state index in [9.17, 15) is 23.2 Å². The molecule has 1 aliphatic carbocycles. The van der Waals surface area contributed by atoms with E-state index >= 15 is 0 Å². The molecule has 2 aromatic heterocycles. The number of ether oxygens (including phenoxy) is 2. The summed E-state index contributed by atoms with van der Waals surface area (Å²) in [6, 6.07) is 3.35. The number of nitrogens with one attached hydrogen (secondary N) is 3. The Kier molecular flexibility index (Phi) is 10.2. The maximum atomic E-state index is 14.6. The van der Waals surface area contributed by atoms with Crippen molar-refractivity contribution in [1.29, 1.82) is 0 Å². The summed E-state index contributed by atoms with van der Waals surface area (Å²) in [7, 11) is 1.78. The molecule has 0 bridgehead atoms. The molecule has 2 atom stereocenters. The van der Waals surface area contributed by atoms with E-state index in [-0.39, 0.29) is 27.7 Å². The summed E-state index contributed by atoms with van der Waals surface area (Å²) >= 11 is 0.753. The van der Waals surface area contributed by atoms with Gasteiger partial charge in [0.1, 0.15) is 32.8 Å². The predicted octanol–water partition coefficient (Wildman–Crippen LogP) is 7.36. The number of benzene rings is 1. The summed E-state index contributed by atoms with van der Waals surface area (Å²) < 4.78 is 41.7. The highest BCUT2D eigenvalue weighted by atomic mass is 32.1. The van der Waals surface area contributed by atoms with Crippen molar-refractivity contribution in [1.82, 2.24) is 20.1 Å². The van der Waals surface area contributed by atoms with E-state index in [0.29, 0.717) is 12.1 Å². The number of hydrogen-bond donors (Lipinski definition) is 3. The number of carbonyl (C=O) groups excluding carboxylic acids is 3. The maximum Gasteiger partial charge on any atom is 0.412 e. The van der Waals surface area contributed by atoms with Gasteiger partial charge in [-0.25, -0.2) is 23.4 Å². The van der Waals surface area contributed by atoms with Crippen LogP contribution in [0.25, 0.3) is 10.6 Å². The zero-order valence-corrected chi connectivity index (χ0v) is 27.4. The molecule has 0 spiro atoms. The zero-order chi connectivity index (χ0) is 33.1. The van der Waals surface area contributed by atoms with E-state index in [1.54, 1.807) is 32.5 Å². The fourth-order valence-electron chi connectivity index (χ4n) is 5.17. The molecule has 11 nitrogen and oxygen atoms in total. The van der Waals surface area contributed by atoms with Gasteiger partial charge >= 0.3 is 12.2 Å². The van der Waals surface area contributed by atoms with Crippen LogP contribution in [-0.2, 0) is 16.5 Å². The van der Waals surface area contributed by atoms with Gasteiger partial charge in [0.25, 0.3) is 5.91 Å². The number of carbonyl (C=O) groups is 3. The first-order valence-corrected chi connectivity index (χ1v) is 15.6. The van der Waals surface area contributed by atoms with Crippen LogP contribution >= 0.6 is 11.3 Å². The van der Waals surface area contributed by atoms with Gasteiger partial charge in [0.2, 0.25) is 0 Å². The number of nitrogens with zero attached hydrogens (tertiary/aromatic N) is 3. The SMILES string of the molecule is Cn1ncc(NC(=O)c2nc(-c3c(F)cccc3F)sc2NC(=O)OC(C)(C)C)c1C1CCCC(NC(=O)OC(C)(C)C)CC1. The summed E-state index contributed by atoms with van der Waals surface area (Å²) in [6.45, 7) is 10.5. The second-order valence-corrected chi connectivity index (χ2v) is 14.0. The van der Waals surface area contributed by atoms with Crippen LogP contribution in [0.15, 0.2) is 24.4 Å². The fraction of sp³-hybridized carbons (Fsp3) is 0.516. The summed E-state index contributed by atoms with van der Waals surface area (Å²) in [5.74, 6) is -2.40. The minimum Gasteiger partial charge on any atom is -0.444 e. The van der Waals surface area contributed by atoms with E-state index in [1.807, 2.05) is 20.8 Å². The summed E-state index contributed by atoms with van der Waals surface area (Å²) in [6.07, 6.45) is 4.06. The Hall–Kier alpha value is -4.07. The molecule has 3 aromatic rings. The van der Waals surface area contributed by atoms with Gasteiger partial charge in [-0.3, -0.25) is 14.8 Å². The van der Waals surface area contributed by atoms with Gasteiger partial charge in [-0.05, 0) is 79.4 Å². The first-order chi connectivity index (χ1) is 21.0. The number of thiazole rings is 1. The Morgan fingerprint density at radius 2 is 1.58 bits per heavy atom. The largest absolute Gasteiger partial charge is 0.444 e. The van der Waals surface area contributed by atoms with Crippen LogP contribution in [0.3, 0.4) is 0 Å². The number of rotatable bonds is 6. The van der Waals surface area contributed by atoms with Gasteiger partial charge in [0.15, 0.2) is 5.69 Å². The van der Waals surface area contributed by atoms with Crippen molar-refractivity contribution in [2.75, 3.05) is 10.6 Å². The van der Waals surface area contributed by atoms with Gasteiger partial charge in [-0.2, -0.15) is 5.10 Å². The number of alkyl carbamates (subject to hydrolysis) is 1. The molecule has 1 aliphatic rings. The topological polar surface area (TPSA) is 136 Å². The molecule has 2 heterocycles. The van der Waals surface area contributed by atoms with E-state index in [2.05, 4.69) is 26.0 Å². The second kappa shape index (κ2) is 13.5. The number of hydrogen-bond acceptors (Lipinski definition) is 8. The van der Waals surface area contributed by atoms with Crippen molar-refractivity contribution in [2.45, 2.75) is 96.8 Å². The number of amides is 3.